The quantitative estimate of drug-likeness (QED) is 0.258. The second kappa shape index (κ2) is 10.4. The molecule has 0 atom stereocenters. The van der Waals surface area contributed by atoms with Crippen LogP contribution in [0.4, 0.5) is 0 Å². The number of rotatable bonds is 10. The lowest BCUT2D eigenvalue weighted by molar-refractivity contribution is 0.309. The molecule has 160 valence electrons. The number of ether oxygens (including phenoxy) is 2. The lowest BCUT2D eigenvalue weighted by atomic mass is 10.0. The van der Waals surface area contributed by atoms with Crippen molar-refractivity contribution in [2.75, 3.05) is 13.2 Å². The number of fused-ring (bicyclic) bond motifs is 1. The highest BCUT2D eigenvalue weighted by atomic mass is 32.1. The van der Waals surface area contributed by atoms with E-state index in [1.54, 1.807) is 0 Å². The Morgan fingerprint density at radius 3 is 1.84 bits per heavy atom. The van der Waals surface area contributed by atoms with Gasteiger partial charge < -0.3 is 9.47 Å². The van der Waals surface area contributed by atoms with Crippen molar-refractivity contribution >= 4 is 22.8 Å². The highest BCUT2D eigenvalue weighted by Crippen LogP contribution is 2.33. The summed E-state index contributed by atoms with van der Waals surface area (Å²) in [6.07, 6.45) is 6.25. The van der Waals surface area contributed by atoms with Crippen molar-refractivity contribution in [3.05, 3.63) is 54.7 Å². The Morgan fingerprint density at radius 2 is 1.26 bits per heavy atom. The van der Waals surface area contributed by atoms with Crippen LogP contribution in [0.25, 0.3) is 33.4 Å². The average Bonchev–Trinajstić information content (AvgIpc) is 3.30. The molecule has 0 bridgehead atoms. The molecule has 2 aromatic heterocycles. The first-order valence-corrected chi connectivity index (χ1v) is 11.6. The first kappa shape index (κ1) is 21.2. The molecule has 0 aliphatic rings. The van der Waals surface area contributed by atoms with Crippen LogP contribution < -0.4 is 9.47 Å². The number of hydrogen-bond donors (Lipinski definition) is 0. The molecule has 0 aliphatic heterocycles. The van der Waals surface area contributed by atoms with E-state index in [1.807, 2.05) is 42.6 Å². The summed E-state index contributed by atoms with van der Waals surface area (Å²) in [5.74, 6) is 1.76. The van der Waals surface area contributed by atoms with E-state index in [-0.39, 0.29) is 0 Å². The monoisotopic (exact) mass is 433 g/mol. The number of nitrogens with zero attached hydrogens (tertiary/aromatic N) is 3. The van der Waals surface area contributed by atoms with Crippen LogP contribution in [-0.2, 0) is 0 Å². The van der Waals surface area contributed by atoms with Gasteiger partial charge in [-0.05, 0) is 54.8 Å². The van der Waals surface area contributed by atoms with Gasteiger partial charge in [0.15, 0.2) is 0 Å². The van der Waals surface area contributed by atoms with E-state index >= 15 is 0 Å². The van der Waals surface area contributed by atoms with Crippen molar-refractivity contribution in [2.24, 2.45) is 0 Å². The minimum atomic E-state index is 0.742. The van der Waals surface area contributed by atoms with Crippen LogP contribution in [0.1, 0.15) is 39.5 Å². The number of pyridine rings is 1. The van der Waals surface area contributed by atoms with Gasteiger partial charge in [0.1, 0.15) is 22.5 Å². The molecular formula is C25H27N3O2S. The Labute approximate surface area is 187 Å². The summed E-state index contributed by atoms with van der Waals surface area (Å²) in [4.78, 5) is 4.75. The highest BCUT2D eigenvalue weighted by molar-refractivity contribution is 7.00. The van der Waals surface area contributed by atoms with Gasteiger partial charge in [-0.25, -0.2) is 0 Å². The van der Waals surface area contributed by atoms with Crippen molar-refractivity contribution in [3.63, 3.8) is 0 Å². The molecule has 0 spiro atoms. The molecule has 0 radical (unpaired) electrons. The van der Waals surface area contributed by atoms with Crippen LogP contribution in [0.2, 0.25) is 0 Å². The maximum atomic E-state index is 5.78. The SMILES string of the molecule is CCCCOc1ccc(-c2cnc(-c3ccc(OCCCC)cc3)c3nsnc23)cc1. The topological polar surface area (TPSA) is 57.1 Å². The lowest BCUT2D eigenvalue weighted by Gasteiger charge is -2.09. The summed E-state index contributed by atoms with van der Waals surface area (Å²) in [5, 5.41) is 0. The number of unbranched alkanes of at least 4 members (excludes halogenated alkanes) is 2. The first-order valence-electron chi connectivity index (χ1n) is 10.9. The largest absolute Gasteiger partial charge is 0.494 e. The molecule has 0 N–H and O–H groups in total. The third-order valence-corrected chi connectivity index (χ3v) is 5.65. The second-order valence-corrected chi connectivity index (χ2v) is 7.96. The summed E-state index contributed by atoms with van der Waals surface area (Å²) >= 11 is 1.21. The van der Waals surface area contributed by atoms with Gasteiger partial charge in [-0.15, -0.1) is 0 Å². The number of benzene rings is 2. The molecule has 0 saturated heterocycles. The molecule has 5 nitrogen and oxygen atoms in total. The van der Waals surface area contributed by atoms with Crippen LogP contribution in [-0.4, -0.2) is 26.9 Å². The van der Waals surface area contributed by atoms with Gasteiger partial charge in [0.25, 0.3) is 0 Å². The van der Waals surface area contributed by atoms with Gasteiger partial charge >= 0.3 is 0 Å². The summed E-state index contributed by atoms with van der Waals surface area (Å²) in [6, 6.07) is 16.2. The lowest BCUT2D eigenvalue weighted by Crippen LogP contribution is -1.96. The van der Waals surface area contributed by atoms with Crippen LogP contribution in [0, 0.1) is 0 Å². The van der Waals surface area contributed by atoms with Gasteiger partial charge in [-0.1, -0.05) is 38.8 Å². The Balaban J connectivity index is 1.57. The number of hydrogen-bond acceptors (Lipinski definition) is 6. The molecule has 0 fully saturated rings. The van der Waals surface area contributed by atoms with E-state index in [0.717, 1.165) is 83.8 Å². The fourth-order valence-electron chi connectivity index (χ4n) is 3.30. The minimum absolute atomic E-state index is 0.742. The molecular weight excluding hydrogens is 406 g/mol. The molecule has 4 rings (SSSR count). The van der Waals surface area contributed by atoms with E-state index in [2.05, 4.69) is 34.7 Å². The first-order chi connectivity index (χ1) is 15.3. The maximum Gasteiger partial charge on any atom is 0.131 e. The fourth-order valence-corrected chi connectivity index (χ4v) is 3.86. The van der Waals surface area contributed by atoms with Gasteiger partial charge in [0.2, 0.25) is 0 Å². The third-order valence-electron chi connectivity index (χ3n) is 5.12. The third kappa shape index (κ3) is 5.02. The van der Waals surface area contributed by atoms with Gasteiger partial charge in [0.05, 0.1) is 30.6 Å². The Morgan fingerprint density at radius 1 is 0.710 bits per heavy atom. The van der Waals surface area contributed by atoms with E-state index in [1.165, 1.54) is 11.7 Å². The van der Waals surface area contributed by atoms with Crippen LogP contribution >= 0.6 is 11.7 Å². The molecule has 6 heteroatoms. The molecule has 0 aliphatic carbocycles. The maximum absolute atomic E-state index is 5.78. The van der Waals surface area contributed by atoms with Crippen molar-refractivity contribution in [3.8, 4) is 33.9 Å². The van der Waals surface area contributed by atoms with Gasteiger partial charge in [0, 0.05) is 17.3 Å². The Hall–Kier alpha value is -2.99. The Kier molecular flexibility index (Phi) is 7.10. The molecule has 2 heterocycles. The average molecular weight is 434 g/mol. The zero-order valence-corrected chi connectivity index (χ0v) is 18.8. The standard InChI is InChI=1S/C25H27N3O2S/c1-3-5-15-29-20-11-7-18(8-12-20)22-17-26-23(25-24(22)27-31-28-25)19-9-13-21(14-10-19)30-16-6-4-2/h7-14,17H,3-6,15-16H2,1-2H3. The van der Waals surface area contributed by atoms with Crippen molar-refractivity contribution in [1.82, 2.24) is 13.7 Å². The van der Waals surface area contributed by atoms with Crippen LogP contribution in [0.3, 0.4) is 0 Å². The van der Waals surface area contributed by atoms with Gasteiger partial charge in [-0.3, -0.25) is 4.98 Å². The normalized spacial score (nSPS) is 11.0. The summed E-state index contributed by atoms with van der Waals surface area (Å²) in [6.45, 7) is 5.80. The fraction of sp³-hybridized carbons (Fsp3) is 0.320. The molecule has 31 heavy (non-hydrogen) atoms. The molecule has 0 unspecified atom stereocenters. The molecule has 4 aromatic rings. The smallest absolute Gasteiger partial charge is 0.131 e. The van der Waals surface area contributed by atoms with Crippen molar-refractivity contribution in [2.45, 2.75) is 39.5 Å². The summed E-state index contributed by atoms with van der Waals surface area (Å²) in [5.41, 5.74) is 5.58. The van der Waals surface area contributed by atoms with Crippen LogP contribution in [0.5, 0.6) is 11.5 Å². The summed E-state index contributed by atoms with van der Waals surface area (Å²) < 4.78 is 20.7. The molecule has 0 saturated carbocycles. The van der Waals surface area contributed by atoms with E-state index in [0.29, 0.717) is 0 Å². The van der Waals surface area contributed by atoms with Crippen molar-refractivity contribution in [1.29, 1.82) is 0 Å². The predicted octanol–water partition coefficient (Wildman–Crippen LogP) is 6.78. The van der Waals surface area contributed by atoms with E-state index in [9.17, 15) is 0 Å². The highest BCUT2D eigenvalue weighted by Gasteiger charge is 2.15. The van der Waals surface area contributed by atoms with E-state index in [4.69, 9.17) is 14.5 Å². The predicted molar refractivity (Wildman–Crippen MR) is 127 cm³/mol. The minimum Gasteiger partial charge on any atom is -0.494 e. The van der Waals surface area contributed by atoms with Crippen molar-refractivity contribution < 1.29 is 9.47 Å². The zero-order valence-electron chi connectivity index (χ0n) is 18.0. The summed E-state index contributed by atoms with van der Waals surface area (Å²) in [7, 11) is 0. The zero-order chi connectivity index (χ0) is 21.5. The number of aromatic nitrogens is 3. The Bertz CT molecular complexity index is 1020. The molecule has 2 aromatic carbocycles. The van der Waals surface area contributed by atoms with Crippen LogP contribution in [0.15, 0.2) is 54.7 Å². The van der Waals surface area contributed by atoms with Gasteiger partial charge in [-0.2, -0.15) is 8.75 Å². The molecule has 0 amide bonds. The second-order valence-electron chi connectivity index (χ2n) is 7.43. The van der Waals surface area contributed by atoms with E-state index < -0.39 is 0 Å².